The topological polar surface area (TPSA) is 8.17 Å². The molecule has 0 unspecified atom stereocenters. The molecule has 0 atom stereocenters. The fourth-order valence-corrected chi connectivity index (χ4v) is 12.8. The van der Waals surface area contributed by atoms with E-state index in [1.54, 1.807) is 0 Å². The van der Waals surface area contributed by atoms with Crippen LogP contribution in [-0.4, -0.2) is 4.57 Å². The predicted octanol–water partition coefficient (Wildman–Crippen LogP) is 20.4. The normalized spacial score (nSPS) is 12.4. The van der Waals surface area contributed by atoms with Gasteiger partial charge in [0, 0.05) is 33.4 Å². The third-order valence-electron chi connectivity index (χ3n) is 16.5. The minimum absolute atomic E-state index is 0.529. The van der Waals surface area contributed by atoms with Gasteiger partial charge in [-0.1, -0.05) is 249 Å². The summed E-state index contributed by atoms with van der Waals surface area (Å²) in [7, 11) is 0. The molecule has 0 aliphatic heterocycles. The Labute approximate surface area is 461 Å². The fraction of sp³-hybridized carbons (Fsp3) is 0.0130. The monoisotopic (exact) mass is 1000 g/mol. The van der Waals surface area contributed by atoms with Crippen LogP contribution in [-0.2, 0) is 5.41 Å². The Morgan fingerprint density at radius 1 is 0.278 bits per heavy atom. The largest absolute Gasteiger partial charge is 0.310 e. The molecule has 0 bridgehead atoms. The highest BCUT2D eigenvalue weighted by molar-refractivity contribution is 6.09. The van der Waals surface area contributed by atoms with Crippen LogP contribution >= 0.6 is 0 Å². The summed E-state index contributed by atoms with van der Waals surface area (Å²) in [6.07, 6.45) is 0. The SMILES string of the molecule is c1ccc(C2(c3ccccc3)c3ccccc3-c3c(N(c4ccc(-c5ccc(-c6cccc(-n7c8ccccc8c8ccccc87)c6)cc5)cc4)c4ccc(-c5cccc(-c6ccc7ccccc7c6)c5)cc4)cccc32)cc1. The molecule has 0 N–H and O–H groups in total. The van der Waals surface area contributed by atoms with Crippen molar-refractivity contribution in [2.24, 2.45) is 0 Å². The van der Waals surface area contributed by atoms with Gasteiger partial charge >= 0.3 is 0 Å². The quantitative estimate of drug-likeness (QED) is 0.133. The van der Waals surface area contributed by atoms with Crippen LogP contribution in [0.3, 0.4) is 0 Å². The molecule has 1 aliphatic rings. The molecular weight excluding hydrogens is 953 g/mol. The first kappa shape index (κ1) is 46.1. The zero-order chi connectivity index (χ0) is 52.3. The highest BCUT2D eigenvalue weighted by atomic mass is 15.1. The van der Waals surface area contributed by atoms with Crippen molar-refractivity contribution < 1.29 is 0 Å². The van der Waals surface area contributed by atoms with E-state index in [9.17, 15) is 0 Å². The maximum absolute atomic E-state index is 2.47. The minimum Gasteiger partial charge on any atom is -0.310 e. The lowest BCUT2D eigenvalue weighted by molar-refractivity contribution is 0.768. The van der Waals surface area contributed by atoms with Crippen LogP contribution < -0.4 is 4.90 Å². The van der Waals surface area contributed by atoms with Gasteiger partial charge in [0.05, 0.1) is 22.1 Å². The molecular formula is C77H52N2. The second-order valence-electron chi connectivity index (χ2n) is 20.8. The number of hydrogen-bond donors (Lipinski definition) is 0. The maximum Gasteiger partial charge on any atom is 0.0714 e. The smallest absolute Gasteiger partial charge is 0.0714 e. The molecule has 0 fully saturated rings. The summed E-state index contributed by atoms with van der Waals surface area (Å²) in [5.41, 5.74) is 23.3. The van der Waals surface area contributed by atoms with E-state index in [0.29, 0.717) is 0 Å². The van der Waals surface area contributed by atoms with Crippen LogP contribution in [0.1, 0.15) is 22.3 Å². The number of aromatic nitrogens is 1. The summed E-state index contributed by atoms with van der Waals surface area (Å²) in [6, 6.07) is 116. The van der Waals surface area contributed by atoms with Crippen molar-refractivity contribution in [3.63, 3.8) is 0 Å². The van der Waals surface area contributed by atoms with Crippen molar-refractivity contribution in [3.05, 3.63) is 338 Å². The van der Waals surface area contributed by atoms with E-state index >= 15 is 0 Å². The van der Waals surface area contributed by atoms with Gasteiger partial charge in [0.2, 0.25) is 0 Å². The summed E-state index contributed by atoms with van der Waals surface area (Å²) in [6.45, 7) is 0. The van der Waals surface area contributed by atoms with Crippen LogP contribution in [0.4, 0.5) is 17.1 Å². The lowest BCUT2D eigenvalue weighted by atomic mass is 9.68. The summed E-state index contributed by atoms with van der Waals surface area (Å²) < 4.78 is 2.39. The van der Waals surface area contributed by atoms with Crippen molar-refractivity contribution in [2.75, 3.05) is 4.90 Å². The number of hydrogen-bond acceptors (Lipinski definition) is 1. The van der Waals surface area contributed by atoms with Crippen LogP contribution in [0, 0.1) is 0 Å². The lowest BCUT2D eigenvalue weighted by Crippen LogP contribution is -2.28. The Hall–Kier alpha value is -10.3. The summed E-state index contributed by atoms with van der Waals surface area (Å²) >= 11 is 0. The molecule has 0 saturated carbocycles. The third kappa shape index (κ3) is 7.71. The van der Waals surface area contributed by atoms with Crippen LogP contribution in [0.5, 0.6) is 0 Å². The van der Waals surface area contributed by atoms with E-state index < -0.39 is 5.41 Å². The zero-order valence-electron chi connectivity index (χ0n) is 43.4. The molecule has 79 heavy (non-hydrogen) atoms. The Kier molecular flexibility index (Phi) is 11.1. The van der Waals surface area contributed by atoms with Gasteiger partial charge < -0.3 is 9.47 Å². The third-order valence-corrected chi connectivity index (χ3v) is 16.5. The van der Waals surface area contributed by atoms with E-state index in [0.717, 1.165) is 28.3 Å². The first-order chi connectivity index (χ1) is 39.2. The van der Waals surface area contributed by atoms with Crippen LogP contribution in [0.25, 0.3) is 93.9 Å². The van der Waals surface area contributed by atoms with Gasteiger partial charge in [0.1, 0.15) is 0 Å². The van der Waals surface area contributed by atoms with Crippen molar-refractivity contribution in [3.8, 4) is 61.3 Å². The van der Waals surface area contributed by atoms with E-state index in [1.165, 1.54) is 105 Å². The summed E-state index contributed by atoms with van der Waals surface area (Å²) in [4.78, 5) is 2.47. The lowest BCUT2D eigenvalue weighted by Gasteiger charge is -2.34. The van der Waals surface area contributed by atoms with Crippen molar-refractivity contribution in [1.82, 2.24) is 4.57 Å². The summed E-state index contributed by atoms with van der Waals surface area (Å²) in [5, 5.41) is 5.02. The van der Waals surface area contributed by atoms with Gasteiger partial charge in [-0.15, -0.1) is 0 Å². The molecule has 0 spiro atoms. The molecule has 1 aromatic heterocycles. The highest BCUT2D eigenvalue weighted by Gasteiger charge is 2.47. The Morgan fingerprint density at radius 3 is 1.35 bits per heavy atom. The van der Waals surface area contributed by atoms with E-state index in [1.807, 2.05) is 0 Å². The highest BCUT2D eigenvalue weighted by Crippen LogP contribution is 2.59. The maximum atomic E-state index is 2.47. The number of rotatable bonds is 10. The standard InChI is InChI=1S/C77H52N2/c1-3-23-63(24-4-1)77(64-25-5-2-6-26-64)71-31-12-9-30-70(71)76-72(77)32-17-35-75(76)78(66-48-44-57(45-49-66)59-20-15-21-60(50-59)62-41-40-53-18-7-8-19-58(53)51-62)65-46-42-55(43-47-65)54-36-38-56(39-37-54)61-22-16-27-67(52-61)79-73-33-13-10-28-68(73)69-29-11-14-34-74(69)79/h1-52H. The molecule has 14 aromatic rings. The second-order valence-corrected chi connectivity index (χ2v) is 20.8. The predicted molar refractivity (Wildman–Crippen MR) is 332 cm³/mol. The van der Waals surface area contributed by atoms with Gasteiger partial charge in [-0.2, -0.15) is 0 Å². The van der Waals surface area contributed by atoms with Gasteiger partial charge in [-0.05, 0) is 150 Å². The second kappa shape index (κ2) is 19.1. The van der Waals surface area contributed by atoms with Gasteiger partial charge in [-0.25, -0.2) is 0 Å². The first-order valence-electron chi connectivity index (χ1n) is 27.3. The number of para-hydroxylation sites is 2. The fourth-order valence-electron chi connectivity index (χ4n) is 12.8. The van der Waals surface area contributed by atoms with E-state index in [4.69, 9.17) is 0 Å². The first-order valence-corrected chi connectivity index (χ1v) is 27.3. The zero-order valence-corrected chi connectivity index (χ0v) is 43.4. The van der Waals surface area contributed by atoms with Crippen molar-refractivity contribution in [1.29, 1.82) is 0 Å². The van der Waals surface area contributed by atoms with E-state index in [2.05, 4.69) is 325 Å². The van der Waals surface area contributed by atoms with Gasteiger partial charge in [-0.3, -0.25) is 0 Å². The molecule has 15 rings (SSSR count). The average molecular weight is 1010 g/mol. The Morgan fingerprint density at radius 2 is 0.722 bits per heavy atom. The van der Waals surface area contributed by atoms with Crippen molar-refractivity contribution in [2.45, 2.75) is 5.41 Å². The van der Waals surface area contributed by atoms with Crippen molar-refractivity contribution >= 4 is 49.6 Å². The number of nitrogens with zero attached hydrogens (tertiary/aromatic N) is 2. The summed E-state index contributed by atoms with van der Waals surface area (Å²) in [5.74, 6) is 0. The molecule has 0 amide bonds. The molecule has 370 valence electrons. The van der Waals surface area contributed by atoms with Crippen LogP contribution in [0.2, 0.25) is 0 Å². The molecule has 2 nitrogen and oxygen atoms in total. The number of benzene rings is 13. The molecule has 13 aromatic carbocycles. The molecule has 1 aliphatic carbocycles. The molecule has 0 radical (unpaired) electrons. The number of fused-ring (bicyclic) bond motifs is 7. The van der Waals surface area contributed by atoms with E-state index in [-0.39, 0.29) is 0 Å². The molecule has 2 heteroatoms. The Bertz CT molecular complexity index is 4480. The molecule has 0 saturated heterocycles. The molecule has 1 heterocycles. The van der Waals surface area contributed by atoms with Crippen LogP contribution in [0.15, 0.2) is 315 Å². The minimum atomic E-state index is -0.529. The number of anilines is 3. The van der Waals surface area contributed by atoms with Gasteiger partial charge in [0.25, 0.3) is 0 Å². The van der Waals surface area contributed by atoms with Gasteiger partial charge in [0.15, 0.2) is 0 Å². The average Bonchev–Trinajstić information content (AvgIpc) is 3.88. The Balaban J connectivity index is 0.824.